The molecule has 3 heteroatoms. The van der Waals surface area contributed by atoms with Crippen molar-refractivity contribution in [1.82, 2.24) is 0 Å². The van der Waals surface area contributed by atoms with E-state index in [0.29, 0.717) is 5.92 Å². The lowest BCUT2D eigenvalue weighted by Crippen LogP contribution is -2.08. The summed E-state index contributed by atoms with van der Waals surface area (Å²) in [5, 5.41) is 0. The monoisotopic (exact) mass is 566 g/mol. The Morgan fingerprint density at radius 3 is 1.32 bits per heavy atom. The van der Waals surface area contributed by atoms with Crippen molar-refractivity contribution < 1.29 is 14.2 Å². The number of ether oxygens (including phenoxy) is 3. The highest BCUT2D eigenvalue weighted by Gasteiger charge is 2.05. The van der Waals surface area contributed by atoms with Gasteiger partial charge in [-0.2, -0.15) is 0 Å². The fourth-order valence-electron chi connectivity index (χ4n) is 5.16. The second-order valence-electron chi connectivity index (χ2n) is 12.0. The standard InChI is InChI=1S/C38H62O3/c1-4-6-8-10-12-14-16-18-30-39-32-28-34(3)29-33-41-38-26-22-36(23-27-38)35-20-24-37(25-21-35)40-31-19-17-15-13-11-9-7-5-2/h20-27,34H,4-19,28-33H2,1-3H3. The van der Waals surface area contributed by atoms with Crippen LogP contribution >= 0.6 is 0 Å². The molecule has 0 aliphatic rings. The molecule has 0 aliphatic heterocycles. The Morgan fingerprint density at radius 2 is 0.829 bits per heavy atom. The van der Waals surface area contributed by atoms with Crippen LogP contribution in [-0.2, 0) is 4.74 Å². The van der Waals surface area contributed by atoms with Gasteiger partial charge in [-0.25, -0.2) is 0 Å². The summed E-state index contributed by atoms with van der Waals surface area (Å²) in [5.74, 6) is 2.52. The summed E-state index contributed by atoms with van der Waals surface area (Å²) in [4.78, 5) is 0. The largest absolute Gasteiger partial charge is 0.494 e. The first-order chi connectivity index (χ1) is 20.2. The van der Waals surface area contributed by atoms with E-state index in [9.17, 15) is 0 Å². The van der Waals surface area contributed by atoms with Crippen molar-refractivity contribution >= 4 is 0 Å². The smallest absolute Gasteiger partial charge is 0.119 e. The molecule has 41 heavy (non-hydrogen) atoms. The van der Waals surface area contributed by atoms with Gasteiger partial charge in [-0.3, -0.25) is 0 Å². The Bertz CT molecular complexity index is 830. The number of benzene rings is 2. The van der Waals surface area contributed by atoms with Crippen LogP contribution in [0.15, 0.2) is 48.5 Å². The van der Waals surface area contributed by atoms with Gasteiger partial charge in [0.05, 0.1) is 13.2 Å². The Labute approximate surface area is 253 Å². The summed E-state index contributed by atoms with van der Waals surface area (Å²) in [7, 11) is 0. The van der Waals surface area contributed by atoms with E-state index in [1.165, 1.54) is 107 Å². The highest BCUT2D eigenvalue weighted by atomic mass is 16.5. The van der Waals surface area contributed by atoms with E-state index in [2.05, 4.69) is 69.3 Å². The van der Waals surface area contributed by atoms with Crippen molar-refractivity contribution in [2.45, 2.75) is 136 Å². The number of unbranched alkanes of at least 4 members (excludes halogenated alkanes) is 14. The number of hydrogen-bond donors (Lipinski definition) is 0. The molecule has 1 atom stereocenters. The second-order valence-corrected chi connectivity index (χ2v) is 12.0. The molecule has 0 aliphatic carbocycles. The van der Waals surface area contributed by atoms with Crippen LogP contribution in [0.3, 0.4) is 0 Å². The van der Waals surface area contributed by atoms with Crippen LogP contribution in [0.25, 0.3) is 11.1 Å². The van der Waals surface area contributed by atoms with Crippen molar-refractivity contribution in [1.29, 1.82) is 0 Å². The van der Waals surface area contributed by atoms with Crippen molar-refractivity contribution in [2.75, 3.05) is 26.4 Å². The molecule has 2 rings (SSSR count). The van der Waals surface area contributed by atoms with Crippen LogP contribution in [0.5, 0.6) is 11.5 Å². The van der Waals surface area contributed by atoms with Crippen LogP contribution in [-0.4, -0.2) is 26.4 Å². The lowest BCUT2D eigenvalue weighted by molar-refractivity contribution is 0.114. The molecule has 2 aromatic rings. The molecule has 0 aromatic heterocycles. The second kappa shape index (κ2) is 24.6. The van der Waals surface area contributed by atoms with E-state index in [0.717, 1.165) is 57.2 Å². The van der Waals surface area contributed by atoms with Gasteiger partial charge in [-0.05, 0) is 67.0 Å². The molecule has 0 N–H and O–H groups in total. The first-order valence-corrected chi connectivity index (χ1v) is 17.3. The maximum absolute atomic E-state index is 6.03. The Kier molecular flexibility index (Phi) is 21.1. The summed E-state index contributed by atoms with van der Waals surface area (Å²) in [5.41, 5.74) is 2.41. The zero-order valence-electron chi connectivity index (χ0n) is 27.0. The van der Waals surface area contributed by atoms with Crippen LogP contribution in [0.2, 0.25) is 0 Å². The molecule has 0 radical (unpaired) electrons. The van der Waals surface area contributed by atoms with Gasteiger partial charge in [0.2, 0.25) is 0 Å². The third kappa shape index (κ3) is 18.2. The fourth-order valence-corrected chi connectivity index (χ4v) is 5.16. The average Bonchev–Trinajstić information content (AvgIpc) is 3.00. The molecule has 0 saturated carbocycles. The van der Waals surface area contributed by atoms with E-state index in [1.54, 1.807) is 0 Å². The molecular formula is C38H62O3. The van der Waals surface area contributed by atoms with Crippen molar-refractivity contribution in [3.63, 3.8) is 0 Å². The summed E-state index contributed by atoms with van der Waals surface area (Å²) in [6, 6.07) is 16.9. The SMILES string of the molecule is CCCCCCCCCCOCCC(C)CCOc1ccc(-c2ccc(OCCCCCCCCCC)cc2)cc1. The molecule has 2 aromatic carbocycles. The minimum atomic E-state index is 0.615. The fraction of sp³-hybridized carbons (Fsp3) is 0.684. The van der Waals surface area contributed by atoms with E-state index in [1.807, 2.05) is 0 Å². The zero-order valence-corrected chi connectivity index (χ0v) is 27.0. The predicted molar refractivity (Wildman–Crippen MR) is 177 cm³/mol. The molecule has 3 nitrogen and oxygen atoms in total. The van der Waals surface area contributed by atoms with Crippen LogP contribution < -0.4 is 9.47 Å². The van der Waals surface area contributed by atoms with E-state index in [4.69, 9.17) is 14.2 Å². The van der Waals surface area contributed by atoms with Gasteiger partial charge in [-0.15, -0.1) is 0 Å². The van der Waals surface area contributed by atoms with E-state index in [-0.39, 0.29) is 0 Å². The highest BCUT2D eigenvalue weighted by molar-refractivity contribution is 5.64. The van der Waals surface area contributed by atoms with Crippen LogP contribution in [0.1, 0.15) is 136 Å². The first-order valence-electron chi connectivity index (χ1n) is 17.3. The minimum Gasteiger partial charge on any atom is -0.494 e. The summed E-state index contributed by atoms with van der Waals surface area (Å²) < 4.78 is 17.9. The summed E-state index contributed by atoms with van der Waals surface area (Å²) >= 11 is 0. The molecule has 232 valence electrons. The van der Waals surface area contributed by atoms with E-state index >= 15 is 0 Å². The van der Waals surface area contributed by atoms with Crippen molar-refractivity contribution in [2.24, 2.45) is 5.92 Å². The molecule has 0 fully saturated rings. The molecule has 0 heterocycles. The average molecular weight is 567 g/mol. The van der Waals surface area contributed by atoms with Gasteiger partial charge in [-0.1, -0.05) is 135 Å². The third-order valence-electron chi connectivity index (χ3n) is 8.09. The topological polar surface area (TPSA) is 27.7 Å². The normalized spacial score (nSPS) is 12.0. The summed E-state index contributed by atoms with van der Waals surface area (Å²) in [6.45, 7) is 10.2. The van der Waals surface area contributed by atoms with E-state index < -0.39 is 0 Å². The van der Waals surface area contributed by atoms with Crippen molar-refractivity contribution in [3.8, 4) is 22.6 Å². The lowest BCUT2D eigenvalue weighted by atomic mass is 10.0. The lowest BCUT2D eigenvalue weighted by Gasteiger charge is -2.13. The Balaban J connectivity index is 1.50. The van der Waals surface area contributed by atoms with Crippen LogP contribution in [0.4, 0.5) is 0 Å². The van der Waals surface area contributed by atoms with Gasteiger partial charge < -0.3 is 14.2 Å². The molecule has 1 unspecified atom stereocenters. The molecule has 0 spiro atoms. The molecule has 0 saturated heterocycles. The maximum Gasteiger partial charge on any atom is 0.119 e. The Hall–Kier alpha value is -2.00. The van der Waals surface area contributed by atoms with Gasteiger partial charge in [0.1, 0.15) is 11.5 Å². The summed E-state index contributed by atoms with van der Waals surface area (Å²) in [6.07, 6.45) is 23.6. The third-order valence-corrected chi connectivity index (χ3v) is 8.09. The van der Waals surface area contributed by atoms with Gasteiger partial charge >= 0.3 is 0 Å². The molecule has 0 amide bonds. The highest BCUT2D eigenvalue weighted by Crippen LogP contribution is 2.25. The first kappa shape index (κ1) is 35.2. The quantitative estimate of drug-likeness (QED) is 0.101. The van der Waals surface area contributed by atoms with Crippen molar-refractivity contribution in [3.05, 3.63) is 48.5 Å². The number of hydrogen-bond acceptors (Lipinski definition) is 3. The van der Waals surface area contributed by atoms with Gasteiger partial charge in [0, 0.05) is 13.2 Å². The number of rotatable bonds is 27. The molecule has 0 bridgehead atoms. The van der Waals surface area contributed by atoms with Gasteiger partial charge in [0.15, 0.2) is 0 Å². The van der Waals surface area contributed by atoms with Crippen LogP contribution in [0, 0.1) is 5.92 Å². The predicted octanol–water partition coefficient (Wildman–Crippen LogP) is 11.8. The maximum atomic E-state index is 6.03. The van der Waals surface area contributed by atoms with Gasteiger partial charge in [0.25, 0.3) is 0 Å². The Morgan fingerprint density at radius 1 is 0.439 bits per heavy atom. The minimum absolute atomic E-state index is 0.615. The zero-order chi connectivity index (χ0) is 29.2. The molecular weight excluding hydrogens is 504 g/mol.